The minimum absolute atomic E-state index is 0.187. The first-order valence-corrected chi connectivity index (χ1v) is 14.0. The zero-order valence-electron chi connectivity index (χ0n) is 21.7. The van der Waals surface area contributed by atoms with Gasteiger partial charge < -0.3 is 24.4 Å². The van der Waals surface area contributed by atoms with Gasteiger partial charge in [-0.25, -0.2) is 19.7 Å². The second kappa shape index (κ2) is 10.6. The van der Waals surface area contributed by atoms with E-state index in [1.165, 1.54) is 18.9 Å². The maximum atomic E-state index is 12.7. The summed E-state index contributed by atoms with van der Waals surface area (Å²) in [6.07, 6.45) is 5.28. The molecule has 0 radical (unpaired) electrons. The summed E-state index contributed by atoms with van der Waals surface area (Å²) in [5.74, 6) is 1.44. The fourth-order valence-electron chi connectivity index (χ4n) is 5.53. The molecule has 200 valence electrons. The number of esters is 1. The molecule has 0 aliphatic carbocycles. The average Bonchev–Trinajstić information content (AvgIpc) is 3.13. The standard InChI is InChI=1S/C26H34ClN5O4S/c1-15-17(3)36-14-26(15)6-9-31(10-7-26)24-22(25(34)35-4)30-20(11-29-24)37-19-5-8-28-23(21(19)27)32-12-18(13-32)16(2)33/h5,8,11,15-18,33H,6-7,9-10,12-14H2,1-4H3/t15-,16?,17+/m1/s1. The molecule has 1 unspecified atom stereocenters. The van der Waals surface area contributed by atoms with E-state index in [4.69, 9.17) is 21.1 Å². The zero-order chi connectivity index (χ0) is 26.3. The van der Waals surface area contributed by atoms with Crippen molar-refractivity contribution < 1.29 is 19.4 Å². The van der Waals surface area contributed by atoms with Crippen LogP contribution in [0.2, 0.25) is 5.02 Å². The van der Waals surface area contributed by atoms with Crippen LogP contribution in [0, 0.1) is 17.3 Å². The number of aliphatic hydroxyl groups excluding tert-OH is 1. The molecule has 2 aromatic heterocycles. The molecule has 5 heterocycles. The summed E-state index contributed by atoms with van der Waals surface area (Å²) < 4.78 is 11.0. The highest BCUT2D eigenvalue weighted by molar-refractivity contribution is 7.99. The SMILES string of the molecule is COC(=O)c1nc(Sc2ccnc(N3CC(C(C)O)C3)c2Cl)cnc1N1CCC2(CC1)CO[C@@H](C)[C@H]2C. The lowest BCUT2D eigenvalue weighted by Crippen LogP contribution is -2.51. The Balaban J connectivity index is 1.34. The van der Waals surface area contributed by atoms with Crippen molar-refractivity contribution in [2.45, 2.75) is 55.7 Å². The number of pyridine rings is 1. The van der Waals surface area contributed by atoms with Gasteiger partial charge in [0.1, 0.15) is 10.8 Å². The summed E-state index contributed by atoms with van der Waals surface area (Å²) in [5, 5.41) is 10.9. The topological polar surface area (TPSA) is 101 Å². The van der Waals surface area contributed by atoms with Gasteiger partial charge in [-0.15, -0.1) is 0 Å². The molecule has 11 heteroatoms. The third-order valence-electron chi connectivity index (χ3n) is 8.41. The first kappa shape index (κ1) is 26.5. The minimum atomic E-state index is -0.511. The van der Waals surface area contributed by atoms with Gasteiger partial charge >= 0.3 is 5.97 Å². The summed E-state index contributed by atoms with van der Waals surface area (Å²) in [7, 11) is 1.36. The Kier molecular flexibility index (Phi) is 7.55. The van der Waals surface area contributed by atoms with E-state index in [9.17, 15) is 9.90 Å². The van der Waals surface area contributed by atoms with Crippen LogP contribution >= 0.6 is 23.4 Å². The lowest BCUT2D eigenvalue weighted by Gasteiger charge is -2.42. The van der Waals surface area contributed by atoms with Gasteiger partial charge in [0.2, 0.25) is 0 Å². The van der Waals surface area contributed by atoms with Crippen LogP contribution in [0.1, 0.15) is 44.1 Å². The summed E-state index contributed by atoms with van der Waals surface area (Å²) in [4.78, 5) is 31.5. The zero-order valence-corrected chi connectivity index (χ0v) is 23.3. The molecule has 37 heavy (non-hydrogen) atoms. The molecule has 2 aromatic rings. The number of nitrogens with zero attached hydrogens (tertiary/aromatic N) is 5. The Hall–Kier alpha value is -2.14. The van der Waals surface area contributed by atoms with Crippen molar-refractivity contribution in [2.75, 3.05) is 49.7 Å². The van der Waals surface area contributed by atoms with E-state index < -0.39 is 5.97 Å². The fourth-order valence-corrected chi connectivity index (χ4v) is 6.66. The molecule has 0 bridgehead atoms. The molecule has 0 saturated carbocycles. The predicted octanol–water partition coefficient (Wildman–Crippen LogP) is 3.92. The van der Waals surface area contributed by atoms with Crippen molar-refractivity contribution in [2.24, 2.45) is 17.3 Å². The number of aromatic nitrogens is 3. The number of carbonyl (C=O) groups is 1. The van der Waals surface area contributed by atoms with Gasteiger partial charge in [-0.3, -0.25) is 0 Å². The van der Waals surface area contributed by atoms with E-state index in [1.54, 1.807) is 19.3 Å². The Labute approximate surface area is 226 Å². The Morgan fingerprint density at radius 3 is 2.59 bits per heavy atom. The van der Waals surface area contributed by atoms with Crippen molar-refractivity contribution in [3.05, 3.63) is 29.2 Å². The van der Waals surface area contributed by atoms with E-state index in [2.05, 4.69) is 38.6 Å². The second-order valence-electron chi connectivity index (χ2n) is 10.5. The number of anilines is 2. The normalized spacial score (nSPS) is 24.3. The van der Waals surface area contributed by atoms with Gasteiger partial charge in [0.05, 0.1) is 37.1 Å². The van der Waals surface area contributed by atoms with Gasteiger partial charge in [-0.2, -0.15) is 0 Å². The molecule has 5 rings (SSSR count). The van der Waals surface area contributed by atoms with Crippen LogP contribution in [0.3, 0.4) is 0 Å². The molecule has 3 aliphatic heterocycles. The second-order valence-corrected chi connectivity index (χ2v) is 11.9. The molecule has 9 nitrogen and oxygen atoms in total. The highest BCUT2D eigenvalue weighted by Crippen LogP contribution is 2.47. The van der Waals surface area contributed by atoms with Crippen molar-refractivity contribution in [3.8, 4) is 0 Å². The fraction of sp³-hybridized carbons (Fsp3) is 0.615. The van der Waals surface area contributed by atoms with E-state index in [0.717, 1.165) is 37.4 Å². The number of ether oxygens (including phenoxy) is 2. The molecule has 3 atom stereocenters. The summed E-state index contributed by atoms with van der Waals surface area (Å²) in [5.41, 5.74) is 0.395. The molecule has 0 amide bonds. The molecule has 0 aromatic carbocycles. The minimum Gasteiger partial charge on any atom is -0.464 e. The average molecular weight is 548 g/mol. The highest BCUT2D eigenvalue weighted by Gasteiger charge is 2.47. The number of hydrogen-bond acceptors (Lipinski definition) is 10. The number of piperidine rings is 1. The summed E-state index contributed by atoms with van der Waals surface area (Å²) in [6.45, 7) is 10.0. The van der Waals surface area contributed by atoms with Crippen LogP contribution in [-0.2, 0) is 9.47 Å². The number of halogens is 1. The lowest BCUT2D eigenvalue weighted by atomic mass is 9.70. The Bertz CT molecular complexity index is 1150. The molecule has 3 saturated heterocycles. The number of aliphatic hydroxyl groups is 1. The maximum absolute atomic E-state index is 12.7. The predicted molar refractivity (Wildman–Crippen MR) is 143 cm³/mol. The van der Waals surface area contributed by atoms with Crippen molar-refractivity contribution in [1.82, 2.24) is 15.0 Å². The quantitative estimate of drug-likeness (QED) is 0.535. The van der Waals surface area contributed by atoms with Crippen LogP contribution in [0.4, 0.5) is 11.6 Å². The Morgan fingerprint density at radius 1 is 1.24 bits per heavy atom. The van der Waals surface area contributed by atoms with Crippen LogP contribution < -0.4 is 9.80 Å². The van der Waals surface area contributed by atoms with E-state index in [0.29, 0.717) is 40.7 Å². The first-order chi connectivity index (χ1) is 17.7. The molecule has 1 spiro atoms. The number of rotatable bonds is 6. The molecule has 1 N–H and O–H groups in total. The third-order valence-corrected chi connectivity index (χ3v) is 9.86. The van der Waals surface area contributed by atoms with Gasteiger partial charge in [0.15, 0.2) is 11.5 Å². The smallest absolute Gasteiger partial charge is 0.360 e. The molecule has 3 fully saturated rings. The monoisotopic (exact) mass is 547 g/mol. The Morgan fingerprint density at radius 2 is 1.97 bits per heavy atom. The molecular formula is C26H34ClN5O4S. The van der Waals surface area contributed by atoms with E-state index >= 15 is 0 Å². The third kappa shape index (κ3) is 5.01. The van der Waals surface area contributed by atoms with E-state index in [-0.39, 0.29) is 29.2 Å². The highest BCUT2D eigenvalue weighted by atomic mass is 35.5. The summed E-state index contributed by atoms with van der Waals surface area (Å²) in [6, 6.07) is 1.83. The molecular weight excluding hydrogens is 514 g/mol. The van der Waals surface area contributed by atoms with Gasteiger partial charge in [0, 0.05) is 48.6 Å². The van der Waals surface area contributed by atoms with Crippen LogP contribution in [0.25, 0.3) is 0 Å². The van der Waals surface area contributed by atoms with Crippen LogP contribution in [0.15, 0.2) is 28.4 Å². The van der Waals surface area contributed by atoms with Crippen molar-refractivity contribution in [1.29, 1.82) is 0 Å². The lowest BCUT2D eigenvalue weighted by molar-refractivity contribution is 0.0592. The van der Waals surface area contributed by atoms with Crippen molar-refractivity contribution in [3.63, 3.8) is 0 Å². The number of carbonyl (C=O) groups excluding carboxylic acids is 1. The van der Waals surface area contributed by atoms with Crippen molar-refractivity contribution >= 4 is 41.0 Å². The maximum Gasteiger partial charge on any atom is 0.360 e. The number of hydrogen-bond donors (Lipinski definition) is 1. The number of methoxy groups -OCH3 is 1. The van der Waals surface area contributed by atoms with Crippen LogP contribution in [0.5, 0.6) is 0 Å². The van der Waals surface area contributed by atoms with Gasteiger partial charge in [0.25, 0.3) is 0 Å². The summed E-state index contributed by atoms with van der Waals surface area (Å²) >= 11 is 8.05. The first-order valence-electron chi connectivity index (χ1n) is 12.8. The molecule has 3 aliphatic rings. The largest absolute Gasteiger partial charge is 0.464 e. The van der Waals surface area contributed by atoms with Crippen LogP contribution in [-0.4, -0.2) is 78.1 Å². The van der Waals surface area contributed by atoms with E-state index in [1.807, 2.05) is 6.07 Å². The van der Waals surface area contributed by atoms with Gasteiger partial charge in [-0.1, -0.05) is 30.3 Å². The van der Waals surface area contributed by atoms with Gasteiger partial charge in [-0.05, 0) is 38.7 Å².